The van der Waals surface area contributed by atoms with Crippen LogP contribution in [0.25, 0.3) is 0 Å². The third kappa shape index (κ3) is 2.83. The van der Waals surface area contributed by atoms with Gasteiger partial charge in [-0.2, -0.15) is 0 Å². The van der Waals surface area contributed by atoms with E-state index in [0.717, 1.165) is 25.2 Å². The van der Waals surface area contributed by atoms with Crippen LogP contribution < -0.4 is 0 Å². The molecule has 4 unspecified atom stereocenters. The monoisotopic (exact) mass is 237 g/mol. The Kier molecular flexibility index (Phi) is 3.77. The molecule has 2 nitrogen and oxygen atoms in total. The number of halogens is 1. The molecule has 1 aromatic rings. The van der Waals surface area contributed by atoms with E-state index >= 15 is 0 Å². The second kappa shape index (κ2) is 5.13. The van der Waals surface area contributed by atoms with Crippen LogP contribution in [-0.4, -0.2) is 10.1 Å². The van der Waals surface area contributed by atoms with Gasteiger partial charge in [0.1, 0.15) is 5.82 Å². The number of hydrogen-bond acceptors (Lipinski definition) is 2. The van der Waals surface area contributed by atoms with Crippen molar-refractivity contribution in [1.82, 2.24) is 4.98 Å². The molecule has 1 aliphatic rings. The minimum Gasteiger partial charge on any atom is -0.388 e. The molecule has 94 valence electrons. The van der Waals surface area contributed by atoms with Gasteiger partial charge in [-0.05, 0) is 36.7 Å². The number of aliphatic hydroxyl groups is 1. The topological polar surface area (TPSA) is 33.1 Å². The third-order valence-electron chi connectivity index (χ3n) is 4.15. The largest absolute Gasteiger partial charge is 0.388 e. The molecule has 1 aliphatic carbocycles. The second-order valence-electron chi connectivity index (χ2n) is 5.41. The summed E-state index contributed by atoms with van der Waals surface area (Å²) in [5.41, 5.74) is 0.608. The molecule has 4 atom stereocenters. The maximum absolute atomic E-state index is 13.1. The van der Waals surface area contributed by atoms with Gasteiger partial charge in [-0.3, -0.25) is 4.98 Å². The summed E-state index contributed by atoms with van der Waals surface area (Å²) in [5.74, 6) is 1.22. The molecule has 0 radical (unpaired) electrons. The summed E-state index contributed by atoms with van der Waals surface area (Å²) in [6, 6.07) is 1.39. The molecule has 1 aromatic heterocycles. The van der Waals surface area contributed by atoms with E-state index in [2.05, 4.69) is 18.8 Å². The van der Waals surface area contributed by atoms with Gasteiger partial charge in [0.05, 0.1) is 12.3 Å². The van der Waals surface area contributed by atoms with Crippen LogP contribution in [0.4, 0.5) is 4.39 Å². The van der Waals surface area contributed by atoms with Crippen LogP contribution in [0.2, 0.25) is 0 Å². The lowest BCUT2D eigenvalue weighted by molar-refractivity contribution is 0.0556. The van der Waals surface area contributed by atoms with Crippen LogP contribution in [0.1, 0.15) is 44.8 Å². The average Bonchev–Trinajstić information content (AvgIpc) is 2.32. The van der Waals surface area contributed by atoms with E-state index in [0.29, 0.717) is 11.5 Å². The Labute approximate surface area is 102 Å². The number of hydrogen-bond donors (Lipinski definition) is 1. The molecule has 1 heterocycles. The van der Waals surface area contributed by atoms with E-state index in [-0.39, 0.29) is 11.7 Å². The summed E-state index contributed by atoms with van der Waals surface area (Å²) in [6.45, 7) is 4.49. The Morgan fingerprint density at radius 3 is 2.71 bits per heavy atom. The molecule has 0 aromatic carbocycles. The van der Waals surface area contributed by atoms with Crippen molar-refractivity contribution in [2.45, 2.75) is 39.2 Å². The van der Waals surface area contributed by atoms with Gasteiger partial charge in [-0.1, -0.05) is 20.3 Å². The summed E-state index contributed by atoms with van der Waals surface area (Å²) >= 11 is 0. The van der Waals surface area contributed by atoms with Crippen LogP contribution in [0.15, 0.2) is 18.5 Å². The van der Waals surface area contributed by atoms with E-state index in [4.69, 9.17) is 0 Å². The van der Waals surface area contributed by atoms with Gasteiger partial charge in [0.2, 0.25) is 0 Å². The standard InChI is InChI=1S/C14H20FNO/c1-9-3-4-11(5-10(9)2)14(17)12-6-13(15)8-16-7-12/h6-11,14,17H,3-5H2,1-2H3. The van der Waals surface area contributed by atoms with Crippen molar-refractivity contribution in [2.24, 2.45) is 17.8 Å². The number of pyridine rings is 1. The van der Waals surface area contributed by atoms with Crippen molar-refractivity contribution in [3.63, 3.8) is 0 Å². The Morgan fingerprint density at radius 2 is 2.06 bits per heavy atom. The molecule has 0 spiro atoms. The zero-order chi connectivity index (χ0) is 12.4. The van der Waals surface area contributed by atoms with Crippen molar-refractivity contribution in [3.05, 3.63) is 29.8 Å². The van der Waals surface area contributed by atoms with E-state index < -0.39 is 6.10 Å². The van der Waals surface area contributed by atoms with Gasteiger partial charge in [-0.25, -0.2) is 4.39 Å². The van der Waals surface area contributed by atoms with Gasteiger partial charge in [0.15, 0.2) is 0 Å². The highest BCUT2D eigenvalue weighted by Crippen LogP contribution is 2.39. The molecule has 1 N–H and O–H groups in total. The number of aromatic nitrogens is 1. The zero-order valence-corrected chi connectivity index (χ0v) is 10.4. The highest BCUT2D eigenvalue weighted by Gasteiger charge is 2.30. The normalized spacial score (nSPS) is 31.2. The van der Waals surface area contributed by atoms with Gasteiger partial charge in [-0.15, -0.1) is 0 Å². The fraction of sp³-hybridized carbons (Fsp3) is 0.643. The smallest absolute Gasteiger partial charge is 0.141 e. The van der Waals surface area contributed by atoms with Gasteiger partial charge in [0.25, 0.3) is 0 Å². The maximum atomic E-state index is 13.1. The Bertz CT molecular complexity index is 382. The van der Waals surface area contributed by atoms with Crippen LogP contribution in [0, 0.1) is 23.6 Å². The fourth-order valence-corrected chi connectivity index (χ4v) is 2.74. The number of aliphatic hydroxyl groups excluding tert-OH is 1. The Hall–Kier alpha value is -0.960. The molecule has 0 saturated heterocycles. The molecule has 1 saturated carbocycles. The summed E-state index contributed by atoms with van der Waals surface area (Å²) in [5, 5.41) is 10.3. The first-order valence-electron chi connectivity index (χ1n) is 6.36. The minimum absolute atomic E-state index is 0.241. The van der Waals surface area contributed by atoms with Gasteiger partial charge in [0, 0.05) is 11.8 Å². The van der Waals surface area contributed by atoms with Crippen LogP contribution in [-0.2, 0) is 0 Å². The quantitative estimate of drug-likeness (QED) is 0.856. The second-order valence-corrected chi connectivity index (χ2v) is 5.41. The van der Waals surface area contributed by atoms with Gasteiger partial charge < -0.3 is 5.11 Å². The molecule has 2 rings (SSSR count). The Morgan fingerprint density at radius 1 is 1.29 bits per heavy atom. The van der Waals surface area contributed by atoms with Crippen LogP contribution >= 0.6 is 0 Å². The SMILES string of the molecule is CC1CCC(C(O)c2cncc(F)c2)CC1C. The lowest BCUT2D eigenvalue weighted by atomic mass is 9.73. The molecular formula is C14H20FNO. The van der Waals surface area contributed by atoms with E-state index in [1.54, 1.807) is 6.20 Å². The van der Waals surface area contributed by atoms with Crippen molar-refractivity contribution >= 4 is 0 Å². The first-order chi connectivity index (χ1) is 8.08. The van der Waals surface area contributed by atoms with E-state index in [1.165, 1.54) is 12.3 Å². The highest BCUT2D eigenvalue weighted by molar-refractivity contribution is 5.14. The molecule has 1 fully saturated rings. The maximum Gasteiger partial charge on any atom is 0.141 e. The first kappa shape index (κ1) is 12.5. The van der Waals surface area contributed by atoms with Crippen LogP contribution in [0.5, 0.6) is 0 Å². The first-order valence-corrected chi connectivity index (χ1v) is 6.36. The summed E-state index contributed by atoms with van der Waals surface area (Å²) in [6.07, 6.45) is 5.33. The van der Waals surface area contributed by atoms with E-state index in [1.807, 2.05) is 0 Å². The predicted molar refractivity (Wildman–Crippen MR) is 64.8 cm³/mol. The summed E-state index contributed by atoms with van der Waals surface area (Å²) in [4.78, 5) is 3.80. The summed E-state index contributed by atoms with van der Waals surface area (Å²) < 4.78 is 13.1. The third-order valence-corrected chi connectivity index (χ3v) is 4.15. The molecule has 17 heavy (non-hydrogen) atoms. The zero-order valence-electron chi connectivity index (χ0n) is 10.4. The van der Waals surface area contributed by atoms with Crippen molar-refractivity contribution in [2.75, 3.05) is 0 Å². The molecule has 0 bridgehead atoms. The Balaban J connectivity index is 2.07. The molecule has 3 heteroatoms. The molecule has 0 amide bonds. The van der Waals surface area contributed by atoms with Crippen molar-refractivity contribution in [1.29, 1.82) is 0 Å². The van der Waals surface area contributed by atoms with Crippen LogP contribution in [0.3, 0.4) is 0 Å². The fourth-order valence-electron chi connectivity index (χ4n) is 2.74. The minimum atomic E-state index is -0.576. The highest BCUT2D eigenvalue weighted by atomic mass is 19.1. The molecular weight excluding hydrogens is 217 g/mol. The number of nitrogens with zero attached hydrogens (tertiary/aromatic N) is 1. The average molecular weight is 237 g/mol. The van der Waals surface area contributed by atoms with E-state index in [9.17, 15) is 9.50 Å². The summed E-state index contributed by atoms with van der Waals surface area (Å²) in [7, 11) is 0. The number of rotatable bonds is 2. The molecule has 0 aliphatic heterocycles. The van der Waals surface area contributed by atoms with Gasteiger partial charge >= 0.3 is 0 Å². The van der Waals surface area contributed by atoms with Crippen molar-refractivity contribution in [3.8, 4) is 0 Å². The van der Waals surface area contributed by atoms with Crippen molar-refractivity contribution < 1.29 is 9.50 Å². The predicted octanol–water partition coefficient (Wildman–Crippen LogP) is 3.33. The lowest BCUT2D eigenvalue weighted by Gasteiger charge is -2.34. The lowest BCUT2D eigenvalue weighted by Crippen LogP contribution is -2.25.